The number of amides is 1. The monoisotopic (exact) mass is 356 g/mol. The van der Waals surface area contributed by atoms with Gasteiger partial charge in [0.05, 0.1) is 11.3 Å². The molecule has 136 valence electrons. The SMILES string of the molecule is CC(C)(C)OC(=O)Nc1ccccc1C(=O)OCc1ccccc1N=O. The predicted octanol–water partition coefficient (Wildman–Crippen LogP) is 4.79. The zero-order chi connectivity index (χ0) is 19.2. The van der Waals surface area contributed by atoms with E-state index in [4.69, 9.17) is 9.47 Å². The summed E-state index contributed by atoms with van der Waals surface area (Å²) in [5.74, 6) is -0.641. The van der Waals surface area contributed by atoms with Crippen LogP contribution in [0.3, 0.4) is 0 Å². The van der Waals surface area contributed by atoms with Crippen LogP contribution in [0.2, 0.25) is 0 Å². The maximum atomic E-state index is 12.4. The maximum Gasteiger partial charge on any atom is 0.412 e. The third-order valence-electron chi connectivity index (χ3n) is 3.23. The molecule has 0 fully saturated rings. The highest BCUT2D eigenvalue weighted by molar-refractivity contribution is 5.99. The van der Waals surface area contributed by atoms with Gasteiger partial charge in [0, 0.05) is 5.56 Å². The van der Waals surface area contributed by atoms with E-state index in [1.807, 2.05) is 0 Å². The van der Waals surface area contributed by atoms with Gasteiger partial charge in [0.2, 0.25) is 0 Å². The van der Waals surface area contributed by atoms with Gasteiger partial charge in [-0.3, -0.25) is 5.32 Å². The number of ether oxygens (including phenoxy) is 2. The quantitative estimate of drug-likeness (QED) is 0.614. The van der Waals surface area contributed by atoms with Crippen LogP contribution in [0.1, 0.15) is 36.7 Å². The lowest BCUT2D eigenvalue weighted by Crippen LogP contribution is -2.27. The zero-order valence-electron chi connectivity index (χ0n) is 14.8. The van der Waals surface area contributed by atoms with Gasteiger partial charge in [-0.25, -0.2) is 9.59 Å². The van der Waals surface area contributed by atoms with Crippen molar-refractivity contribution in [3.8, 4) is 0 Å². The summed E-state index contributed by atoms with van der Waals surface area (Å²) in [5.41, 5.74) is 0.489. The third-order valence-corrected chi connectivity index (χ3v) is 3.23. The summed E-state index contributed by atoms with van der Waals surface area (Å²) in [6.45, 7) is 5.11. The molecule has 0 saturated carbocycles. The van der Waals surface area contributed by atoms with Crippen molar-refractivity contribution in [2.75, 3.05) is 5.32 Å². The maximum absolute atomic E-state index is 12.4. The van der Waals surface area contributed by atoms with Crippen LogP contribution < -0.4 is 5.32 Å². The minimum absolute atomic E-state index is 0.110. The first-order chi connectivity index (χ1) is 12.3. The molecule has 7 heteroatoms. The smallest absolute Gasteiger partial charge is 0.412 e. The molecule has 2 aromatic carbocycles. The lowest BCUT2D eigenvalue weighted by Gasteiger charge is -2.20. The number of hydrogen-bond donors (Lipinski definition) is 1. The lowest BCUT2D eigenvalue weighted by molar-refractivity contribution is 0.0474. The summed E-state index contributed by atoms with van der Waals surface area (Å²) in [6, 6.07) is 13.0. The van der Waals surface area contributed by atoms with E-state index < -0.39 is 17.7 Å². The van der Waals surface area contributed by atoms with Crippen molar-refractivity contribution in [3.05, 3.63) is 64.6 Å². The molecule has 0 aliphatic rings. The first-order valence-electron chi connectivity index (χ1n) is 7.97. The third kappa shape index (κ3) is 5.41. The first kappa shape index (κ1) is 19.1. The summed E-state index contributed by atoms with van der Waals surface area (Å²) < 4.78 is 10.4. The average molecular weight is 356 g/mol. The molecule has 0 heterocycles. The molecule has 0 unspecified atom stereocenters. The minimum Gasteiger partial charge on any atom is -0.457 e. The minimum atomic E-state index is -0.673. The summed E-state index contributed by atoms with van der Waals surface area (Å²) in [5, 5.41) is 5.44. The number of carbonyl (C=O) groups is 2. The normalized spacial score (nSPS) is 10.7. The van der Waals surface area contributed by atoms with Crippen molar-refractivity contribution < 1.29 is 19.1 Å². The Morgan fingerprint density at radius 2 is 1.69 bits per heavy atom. The van der Waals surface area contributed by atoms with E-state index in [2.05, 4.69) is 10.5 Å². The highest BCUT2D eigenvalue weighted by atomic mass is 16.6. The molecular weight excluding hydrogens is 336 g/mol. The van der Waals surface area contributed by atoms with Crippen LogP contribution in [0.25, 0.3) is 0 Å². The number of nitrogens with zero attached hydrogens (tertiary/aromatic N) is 1. The Hall–Kier alpha value is -3.22. The second kappa shape index (κ2) is 8.24. The molecule has 2 rings (SSSR count). The van der Waals surface area contributed by atoms with E-state index in [1.54, 1.807) is 57.2 Å². The molecule has 26 heavy (non-hydrogen) atoms. The second-order valence-corrected chi connectivity index (χ2v) is 6.47. The second-order valence-electron chi connectivity index (χ2n) is 6.47. The Bertz CT molecular complexity index is 812. The van der Waals surface area contributed by atoms with Gasteiger partial charge in [-0.1, -0.05) is 30.3 Å². The van der Waals surface area contributed by atoms with E-state index in [0.29, 0.717) is 5.56 Å². The van der Waals surface area contributed by atoms with Crippen LogP contribution >= 0.6 is 0 Å². The van der Waals surface area contributed by atoms with Gasteiger partial charge in [-0.2, -0.15) is 0 Å². The van der Waals surface area contributed by atoms with E-state index >= 15 is 0 Å². The fraction of sp³-hybridized carbons (Fsp3) is 0.263. The van der Waals surface area contributed by atoms with Gasteiger partial charge in [-0.05, 0) is 44.1 Å². The van der Waals surface area contributed by atoms with Gasteiger partial charge in [0.15, 0.2) is 0 Å². The number of nitroso groups, excluding NO2 is 1. The molecule has 0 atom stereocenters. The lowest BCUT2D eigenvalue weighted by atomic mass is 10.1. The fourth-order valence-electron chi connectivity index (χ4n) is 2.13. The number of nitrogens with one attached hydrogen (secondary N) is 1. The van der Waals surface area contributed by atoms with Crippen molar-refractivity contribution in [1.82, 2.24) is 0 Å². The van der Waals surface area contributed by atoms with Crippen molar-refractivity contribution in [1.29, 1.82) is 0 Å². The van der Waals surface area contributed by atoms with E-state index in [0.717, 1.165) is 0 Å². The zero-order valence-corrected chi connectivity index (χ0v) is 14.8. The van der Waals surface area contributed by atoms with Gasteiger partial charge in [-0.15, -0.1) is 4.91 Å². The van der Waals surface area contributed by atoms with Crippen molar-refractivity contribution in [2.24, 2.45) is 5.18 Å². The Labute approximate surface area is 151 Å². The molecule has 0 aliphatic heterocycles. The molecule has 2 aromatic rings. The molecule has 1 N–H and O–H groups in total. The molecule has 0 aliphatic carbocycles. The summed E-state index contributed by atoms with van der Waals surface area (Å²) in [7, 11) is 0. The van der Waals surface area contributed by atoms with E-state index in [9.17, 15) is 14.5 Å². The van der Waals surface area contributed by atoms with Crippen molar-refractivity contribution >= 4 is 23.4 Å². The number of hydrogen-bond acceptors (Lipinski definition) is 6. The Balaban J connectivity index is 2.09. The van der Waals surface area contributed by atoms with Gasteiger partial charge < -0.3 is 9.47 Å². The highest BCUT2D eigenvalue weighted by Gasteiger charge is 2.19. The molecule has 0 aromatic heterocycles. The molecule has 0 radical (unpaired) electrons. The number of para-hydroxylation sites is 1. The van der Waals surface area contributed by atoms with Crippen LogP contribution in [0.4, 0.5) is 16.2 Å². The molecule has 1 amide bonds. The van der Waals surface area contributed by atoms with Crippen LogP contribution in [0.5, 0.6) is 0 Å². The largest absolute Gasteiger partial charge is 0.457 e. The van der Waals surface area contributed by atoms with Crippen LogP contribution in [0, 0.1) is 4.91 Å². The molecule has 0 bridgehead atoms. The van der Waals surface area contributed by atoms with Crippen molar-refractivity contribution in [2.45, 2.75) is 33.0 Å². The molecule has 0 saturated heterocycles. The van der Waals surface area contributed by atoms with Gasteiger partial charge >= 0.3 is 12.1 Å². The first-order valence-corrected chi connectivity index (χ1v) is 7.97. The number of esters is 1. The number of rotatable bonds is 5. The topological polar surface area (TPSA) is 94.1 Å². The van der Waals surface area contributed by atoms with Crippen molar-refractivity contribution in [3.63, 3.8) is 0 Å². The summed E-state index contributed by atoms with van der Waals surface area (Å²) >= 11 is 0. The van der Waals surface area contributed by atoms with Crippen LogP contribution in [0.15, 0.2) is 53.7 Å². The Morgan fingerprint density at radius 1 is 1.04 bits per heavy atom. The summed E-state index contributed by atoms with van der Waals surface area (Å²) in [6.07, 6.45) is -0.673. The molecule has 0 spiro atoms. The van der Waals surface area contributed by atoms with Crippen LogP contribution in [-0.2, 0) is 16.1 Å². The van der Waals surface area contributed by atoms with E-state index in [-0.39, 0.29) is 23.5 Å². The molecular formula is C19H20N2O5. The average Bonchev–Trinajstić information content (AvgIpc) is 2.58. The van der Waals surface area contributed by atoms with Crippen LogP contribution in [-0.4, -0.2) is 17.7 Å². The fourth-order valence-corrected chi connectivity index (χ4v) is 2.13. The summed E-state index contributed by atoms with van der Waals surface area (Å²) in [4.78, 5) is 35.1. The van der Waals surface area contributed by atoms with E-state index in [1.165, 1.54) is 12.1 Å². The highest BCUT2D eigenvalue weighted by Crippen LogP contribution is 2.22. The predicted molar refractivity (Wildman–Crippen MR) is 97.3 cm³/mol. The molecule has 7 nitrogen and oxygen atoms in total. The number of anilines is 1. The number of carbonyl (C=O) groups excluding carboxylic acids is 2. The Morgan fingerprint density at radius 3 is 2.38 bits per heavy atom. The Kier molecular flexibility index (Phi) is 6.06. The number of benzene rings is 2. The van der Waals surface area contributed by atoms with Gasteiger partial charge in [0.25, 0.3) is 0 Å². The van der Waals surface area contributed by atoms with Gasteiger partial charge in [0.1, 0.15) is 17.9 Å². The standard InChI is InChI=1S/C19H20N2O5/c1-19(2,3)26-18(23)20-16-11-7-5-9-14(16)17(22)25-12-13-8-4-6-10-15(13)21-24/h4-11H,12H2,1-3H3,(H,20,23).